The van der Waals surface area contributed by atoms with Crippen LogP contribution in [0.5, 0.6) is 0 Å². The number of hydrogen-bond acceptors (Lipinski definition) is 3. The highest BCUT2D eigenvalue weighted by molar-refractivity contribution is 6.48. The van der Waals surface area contributed by atoms with E-state index in [1.54, 1.807) is 0 Å². The number of amides is 1. The molecule has 4 nitrogen and oxygen atoms in total. The molecule has 1 heterocycles. The number of carbonyl (C=O) groups is 1. The van der Waals surface area contributed by atoms with E-state index in [1.165, 1.54) is 6.20 Å². The van der Waals surface area contributed by atoms with Crippen molar-refractivity contribution in [3.05, 3.63) is 27.0 Å². The molecule has 1 aromatic heterocycles. The molecule has 0 radical (unpaired) electrons. The second-order valence-corrected chi connectivity index (χ2v) is 6.21. The summed E-state index contributed by atoms with van der Waals surface area (Å²) in [6, 6.07) is 0. The van der Waals surface area contributed by atoms with Crippen molar-refractivity contribution in [1.29, 1.82) is 0 Å². The van der Waals surface area contributed by atoms with Crippen LogP contribution in [0.25, 0.3) is 0 Å². The zero-order valence-electron chi connectivity index (χ0n) is 10.8. The monoisotopic (exact) mass is 336 g/mol. The largest absolute Gasteiger partial charge is 0.388 e. The molecule has 1 aromatic rings. The first-order valence-electron chi connectivity index (χ1n) is 6.43. The molecule has 0 atom stereocenters. The van der Waals surface area contributed by atoms with E-state index in [1.807, 2.05) is 0 Å². The number of hydrogen-bond donors (Lipinski definition) is 2. The third kappa shape index (κ3) is 3.55. The van der Waals surface area contributed by atoms with Gasteiger partial charge >= 0.3 is 0 Å². The maximum absolute atomic E-state index is 12.0. The molecule has 0 unspecified atom stereocenters. The minimum Gasteiger partial charge on any atom is -0.388 e. The molecule has 0 aliphatic heterocycles. The summed E-state index contributed by atoms with van der Waals surface area (Å²) in [4.78, 5) is 15.9. The molecule has 2 rings (SSSR count). The third-order valence-corrected chi connectivity index (χ3v) is 4.74. The molecule has 2 N–H and O–H groups in total. The topological polar surface area (TPSA) is 62.2 Å². The Balaban J connectivity index is 2.03. The quantitative estimate of drug-likeness (QED) is 0.888. The molecule has 1 aliphatic rings. The van der Waals surface area contributed by atoms with Crippen molar-refractivity contribution >= 4 is 40.7 Å². The number of nitrogens with one attached hydrogen (secondary N) is 1. The van der Waals surface area contributed by atoms with Gasteiger partial charge in [0.2, 0.25) is 0 Å². The van der Waals surface area contributed by atoms with Crippen LogP contribution in [0.1, 0.15) is 42.6 Å². The Labute approximate surface area is 132 Å². The van der Waals surface area contributed by atoms with E-state index in [-0.39, 0.29) is 27.3 Å². The van der Waals surface area contributed by atoms with E-state index in [0.717, 1.165) is 19.3 Å². The number of nitrogens with zero attached hydrogens (tertiary/aromatic N) is 1. The number of aliphatic hydroxyl groups is 1. The van der Waals surface area contributed by atoms with Gasteiger partial charge in [0.15, 0.2) is 0 Å². The van der Waals surface area contributed by atoms with Gasteiger partial charge in [-0.1, -0.05) is 54.1 Å². The Morgan fingerprint density at radius 2 is 1.90 bits per heavy atom. The van der Waals surface area contributed by atoms with E-state index in [2.05, 4.69) is 10.3 Å². The van der Waals surface area contributed by atoms with Gasteiger partial charge in [0, 0.05) is 12.7 Å². The molecule has 110 valence electrons. The smallest absolute Gasteiger partial charge is 0.271 e. The van der Waals surface area contributed by atoms with Crippen molar-refractivity contribution in [2.45, 2.75) is 37.7 Å². The predicted molar refractivity (Wildman–Crippen MR) is 79.6 cm³/mol. The predicted octanol–water partition coefficient (Wildman–Crippen LogP) is 3.47. The van der Waals surface area contributed by atoms with E-state index in [0.29, 0.717) is 12.8 Å². The van der Waals surface area contributed by atoms with Crippen LogP contribution < -0.4 is 5.32 Å². The molecule has 1 aliphatic carbocycles. The first-order chi connectivity index (χ1) is 9.43. The van der Waals surface area contributed by atoms with Gasteiger partial charge < -0.3 is 10.4 Å². The maximum Gasteiger partial charge on any atom is 0.271 e. The Morgan fingerprint density at radius 3 is 2.55 bits per heavy atom. The van der Waals surface area contributed by atoms with Crippen molar-refractivity contribution in [1.82, 2.24) is 10.3 Å². The minimum absolute atomic E-state index is 0.0143. The normalized spacial score (nSPS) is 17.8. The molecule has 0 spiro atoms. The summed E-state index contributed by atoms with van der Waals surface area (Å²) in [6.45, 7) is 0.185. The highest BCUT2D eigenvalue weighted by Crippen LogP contribution is 2.31. The van der Waals surface area contributed by atoms with Crippen LogP contribution in [-0.4, -0.2) is 28.1 Å². The molecule has 7 heteroatoms. The van der Waals surface area contributed by atoms with Crippen molar-refractivity contribution in [2.75, 3.05) is 6.54 Å². The first-order valence-corrected chi connectivity index (χ1v) is 7.56. The van der Waals surface area contributed by atoms with Gasteiger partial charge in [0.1, 0.15) is 5.69 Å². The average Bonchev–Trinajstić information content (AvgIpc) is 2.43. The highest BCUT2D eigenvalue weighted by Gasteiger charge is 2.30. The number of carbonyl (C=O) groups excluding carboxylic acids is 1. The fourth-order valence-corrected chi connectivity index (χ4v) is 2.88. The lowest BCUT2D eigenvalue weighted by atomic mass is 9.85. The van der Waals surface area contributed by atoms with Gasteiger partial charge in [-0.2, -0.15) is 0 Å². The fraction of sp³-hybridized carbons (Fsp3) is 0.538. The lowest BCUT2D eigenvalue weighted by Crippen LogP contribution is -2.44. The number of aromatic nitrogens is 1. The maximum atomic E-state index is 12.0. The summed E-state index contributed by atoms with van der Waals surface area (Å²) in [5.41, 5.74) is -0.822. The zero-order valence-corrected chi connectivity index (χ0v) is 13.0. The Kier molecular flexibility index (Phi) is 5.13. The Morgan fingerprint density at radius 1 is 1.25 bits per heavy atom. The highest BCUT2D eigenvalue weighted by atomic mass is 35.5. The minimum atomic E-state index is -0.837. The van der Waals surface area contributed by atoms with E-state index in [9.17, 15) is 9.90 Å². The van der Waals surface area contributed by atoms with Gasteiger partial charge in [-0.15, -0.1) is 0 Å². The summed E-state index contributed by atoms with van der Waals surface area (Å²) in [5.74, 6) is -0.465. The van der Waals surface area contributed by atoms with Crippen LogP contribution in [0, 0.1) is 0 Å². The average molecular weight is 338 g/mol. The lowest BCUT2D eigenvalue weighted by molar-refractivity contribution is 0.00521. The van der Waals surface area contributed by atoms with Crippen LogP contribution in [0.3, 0.4) is 0 Å². The lowest BCUT2D eigenvalue weighted by Gasteiger charge is -2.32. The van der Waals surface area contributed by atoms with E-state index in [4.69, 9.17) is 34.8 Å². The molecule has 20 heavy (non-hydrogen) atoms. The second-order valence-electron chi connectivity index (χ2n) is 5.05. The standard InChI is InChI=1S/C13H15Cl3N2O2/c14-8-6-17-11(10(16)9(8)15)12(19)18-7-13(20)4-2-1-3-5-13/h6,20H,1-5,7H2,(H,18,19). The van der Waals surface area contributed by atoms with Crippen molar-refractivity contribution in [3.63, 3.8) is 0 Å². The van der Waals surface area contributed by atoms with Crippen LogP contribution in [0.4, 0.5) is 0 Å². The molecule has 1 amide bonds. The van der Waals surface area contributed by atoms with Crippen LogP contribution in [0.2, 0.25) is 15.1 Å². The molecule has 1 fully saturated rings. The van der Waals surface area contributed by atoms with Gasteiger partial charge in [0.05, 0.1) is 20.7 Å². The van der Waals surface area contributed by atoms with Crippen molar-refractivity contribution in [2.24, 2.45) is 0 Å². The van der Waals surface area contributed by atoms with Crippen LogP contribution in [0.15, 0.2) is 6.20 Å². The zero-order chi connectivity index (χ0) is 14.8. The molecule has 0 saturated heterocycles. The van der Waals surface area contributed by atoms with Crippen molar-refractivity contribution < 1.29 is 9.90 Å². The van der Waals surface area contributed by atoms with Gasteiger partial charge in [-0.3, -0.25) is 4.79 Å². The number of halogens is 3. The number of rotatable bonds is 3. The van der Waals surface area contributed by atoms with Crippen LogP contribution >= 0.6 is 34.8 Å². The second kappa shape index (κ2) is 6.48. The summed E-state index contributed by atoms with van der Waals surface area (Å²) in [5, 5.41) is 13.3. The molecule has 1 saturated carbocycles. The first kappa shape index (κ1) is 15.8. The third-order valence-electron chi connectivity index (χ3n) is 3.49. The molecular weight excluding hydrogens is 323 g/mol. The molecular formula is C13H15Cl3N2O2. The van der Waals surface area contributed by atoms with E-state index < -0.39 is 11.5 Å². The summed E-state index contributed by atoms with van der Waals surface area (Å²) in [6.07, 6.45) is 5.72. The van der Waals surface area contributed by atoms with Gasteiger partial charge in [-0.25, -0.2) is 4.98 Å². The fourth-order valence-electron chi connectivity index (χ4n) is 2.32. The van der Waals surface area contributed by atoms with E-state index >= 15 is 0 Å². The SMILES string of the molecule is O=C(NCC1(O)CCCCC1)c1ncc(Cl)c(Cl)c1Cl. The summed E-state index contributed by atoms with van der Waals surface area (Å²) >= 11 is 17.6. The number of pyridine rings is 1. The molecule has 0 bridgehead atoms. The molecule has 0 aromatic carbocycles. The van der Waals surface area contributed by atoms with Crippen LogP contribution in [-0.2, 0) is 0 Å². The van der Waals surface area contributed by atoms with Gasteiger partial charge in [0.25, 0.3) is 5.91 Å². The summed E-state index contributed by atoms with van der Waals surface area (Å²) in [7, 11) is 0. The Bertz CT molecular complexity index is 517. The Hall–Kier alpha value is -0.550. The summed E-state index contributed by atoms with van der Waals surface area (Å²) < 4.78 is 0. The van der Waals surface area contributed by atoms with Crippen molar-refractivity contribution in [3.8, 4) is 0 Å². The van der Waals surface area contributed by atoms with Gasteiger partial charge in [-0.05, 0) is 12.8 Å².